The Balaban J connectivity index is 2.46. The summed E-state index contributed by atoms with van der Waals surface area (Å²) in [6.07, 6.45) is 1.11. The molecule has 1 atom stereocenters. The Hall–Kier alpha value is -1.88. The van der Waals surface area contributed by atoms with Gasteiger partial charge in [0.1, 0.15) is 5.82 Å². The minimum Gasteiger partial charge on any atom is -0.356 e. The zero-order valence-corrected chi connectivity index (χ0v) is 12.6. The van der Waals surface area contributed by atoms with Gasteiger partial charge in [0.15, 0.2) is 0 Å². The number of nitrogen functional groups attached to an aromatic ring is 1. The Morgan fingerprint density at radius 1 is 1.20 bits per heavy atom. The summed E-state index contributed by atoms with van der Waals surface area (Å²) in [5.41, 5.74) is 3.44. The third-order valence-corrected chi connectivity index (χ3v) is 3.52. The second-order valence-corrected chi connectivity index (χ2v) is 5.62. The van der Waals surface area contributed by atoms with Gasteiger partial charge in [0.25, 0.3) is 0 Å². The van der Waals surface area contributed by atoms with Crippen LogP contribution in [0, 0.1) is 5.92 Å². The summed E-state index contributed by atoms with van der Waals surface area (Å²) in [4.78, 5) is 11.1. The molecule has 0 bridgehead atoms. The van der Waals surface area contributed by atoms with Crippen LogP contribution in [0.15, 0.2) is 24.3 Å². The van der Waals surface area contributed by atoms with E-state index in [1.54, 1.807) is 0 Å². The van der Waals surface area contributed by atoms with Gasteiger partial charge in [-0.2, -0.15) is 4.98 Å². The molecule has 0 fully saturated rings. The lowest BCUT2D eigenvalue weighted by molar-refractivity contribution is 0.503. The van der Waals surface area contributed by atoms with Gasteiger partial charge in [0.05, 0.1) is 5.52 Å². The highest BCUT2D eigenvalue weighted by molar-refractivity contribution is 5.90. The first-order valence-corrected chi connectivity index (χ1v) is 6.99. The van der Waals surface area contributed by atoms with E-state index in [4.69, 9.17) is 5.84 Å². The van der Waals surface area contributed by atoms with Crippen LogP contribution in [0.4, 0.5) is 11.8 Å². The van der Waals surface area contributed by atoms with Crippen molar-refractivity contribution in [1.82, 2.24) is 9.97 Å². The van der Waals surface area contributed by atoms with Crippen LogP contribution in [-0.2, 0) is 0 Å². The highest BCUT2D eigenvalue weighted by Gasteiger charge is 2.16. The van der Waals surface area contributed by atoms with Crippen LogP contribution < -0.4 is 16.2 Å². The fourth-order valence-corrected chi connectivity index (χ4v) is 2.44. The molecule has 1 unspecified atom stereocenters. The van der Waals surface area contributed by atoms with Gasteiger partial charge in [-0.3, -0.25) is 5.43 Å². The third-order valence-electron chi connectivity index (χ3n) is 3.52. The molecule has 1 heterocycles. The second-order valence-electron chi connectivity index (χ2n) is 5.62. The Kier molecular flexibility index (Phi) is 4.39. The Bertz CT molecular complexity index is 581. The molecule has 2 rings (SSSR count). The van der Waals surface area contributed by atoms with Crippen molar-refractivity contribution in [2.45, 2.75) is 33.2 Å². The average Bonchev–Trinajstić information content (AvgIpc) is 2.44. The molecular formula is C15H23N5. The summed E-state index contributed by atoms with van der Waals surface area (Å²) < 4.78 is 0. The minimum atomic E-state index is 0.402. The molecule has 0 amide bonds. The Labute approximate surface area is 120 Å². The van der Waals surface area contributed by atoms with Crippen LogP contribution in [-0.4, -0.2) is 23.1 Å². The largest absolute Gasteiger partial charge is 0.356 e. The standard InChI is InChI=1S/C15H23N5/c1-10(2)9-11(3)20(4)14-12-7-5-6-8-13(12)17-15(18-14)19-16/h5-8,10-11H,9,16H2,1-4H3,(H,17,18,19). The number of aromatic nitrogens is 2. The van der Waals surface area contributed by atoms with Gasteiger partial charge in [-0.05, 0) is 31.4 Å². The maximum absolute atomic E-state index is 5.47. The molecule has 1 aromatic heterocycles. The van der Waals surface area contributed by atoms with Gasteiger partial charge in [0.2, 0.25) is 5.95 Å². The number of hydrogen-bond donors (Lipinski definition) is 2. The normalized spacial score (nSPS) is 12.7. The van der Waals surface area contributed by atoms with Crippen LogP contribution in [0.25, 0.3) is 10.9 Å². The number of rotatable bonds is 5. The van der Waals surface area contributed by atoms with E-state index in [1.807, 2.05) is 24.3 Å². The lowest BCUT2D eigenvalue weighted by Crippen LogP contribution is -2.31. The topological polar surface area (TPSA) is 67.1 Å². The summed E-state index contributed by atoms with van der Waals surface area (Å²) in [6, 6.07) is 8.40. The van der Waals surface area contributed by atoms with Gasteiger partial charge < -0.3 is 4.90 Å². The van der Waals surface area contributed by atoms with Crippen LogP contribution in [0.3, 0.4) is 0 Å². The first-order chi connectivity index (χ1) is 9.52. The van der Waals surface area contributed by atoms with Crippen molar-refractivity contribution in [3.05, 3.63) is 24.3 Å². The van der Waals surface area contributed by atoms with Crippen molar-refractivity contribution in [3.63, 3.8) is 0 Å². The van der Waals surface area contributed by atoms with E-state index in [2.05, 4.69) is 48.1 Å². The second kappa shape index (κ2) is 6.05. The van der Waals surface area contributed by atoms with E-state index in [9.17, 15) is 0 Å². The molecule has 0 saturated carbocycles. The van der Waals surface area contributed by atoms with Crippen molar-refractivity contribution in [2.24, 2.45) is 11.8 Å². The summed E-state index contributed by atoms with van der Waals surface area (Å²) >= 11 is 0. The first-order valence-electron chi connectivity index (χ1n) is 6.99. The molecule has 108 valence electrons. The molecule has 0 radical (unpaired) electrons. The van der Waals surface area contributed by atoms with Gasteiger partial charge in [-0.1, -0.05) is 26.0 Å². The molecule has 0 aliphatic heterocycles. The van der Waals surface area contributed by atoms with E-state index in [0.717, 1.165) is 23.1 Å². The lowest BCUT2D eigenvalue weighted by Gasteiger charge is -2.28. The van der Waals surface area contributed by atoms with Gasteiger partial charge >= 0.3 is 0 Å². The summed E-state index contributed by atoms with van der Waals surface area (Å²) in [6.45, 7) is 6.68. The number of para-hydroxylation sites is 1. The van der Waals surface area contributed by atoms with Crippen molar-refractivity contribution >= 4 is 22.7 Å². The van der Waals surface area contributed by atoms with Crippen LogP contribution in [0.1, 0.15) is 27.2 Å². The number of hydrogen-bond acceptors (Lipinski definition) is 5. The number of hydrazine groups is 1. The zero-order chi connectivity index (χ0) is 14.7. The number of nitrogens with two attached hydrogens (primary N) is 1. The smallest absolute Gasteiger partial charge is 0.239 e. The maximum Gasteiger partial charge on any atom is 0.239 e. The maximum atomic E-state index is 5.47. The number of nitrogens with one attached hydrogen (secondary N) is 1. The lowest BCUT2D eigenvalue weighted by atomic mass is 10.0. The van der Waals surface area contributed by atoms with Gasteiger partial charge in [0, 0.05) is 18.5 Å². The van der Waals surface area contributed by atoms with Crippen molar-refractivity contribution in [1.29, 1.82) is 0 Å². The Morgan fingerprint density at radius 3 is 2.55 bits per heavy atom. The number of fused-ring (bicyclic) bond motifs is 1. The van der Waals surface area contributed by atoms with E-state index in [1.165, 1.54) is 0 Å². The predicted molar refractivity (Wildman–Crippen MR) is 84.7 cm³/mol. The van der Waals surface area contributed by atoms with E-state index in [-0.39, 0.29) is 0 Å². The zero-order valence-electron chi connectivity index (χ0n) is 12.6. The quantitative estimate of drug-likeness (QED) is 0.647. The third kappa shape index (κ3) is 2.99. The van der Waals surface area contributed by atoms with Crippen LogP contribution in [0.2, 0.25) is 0 Å². The van der Waals surface area contributed by atoms with Gasteiger partial charge in [-0.15, -0.1) is 0 Å². The number of anilines is 2. The molecule has 1 aromatic carbocycles. The molecule has 2 aromatic rings. The summed E-state index contributed by atoms with van der Waals surface area (Å²) in [5.74, 6) is 7.48. The van der Waals surface area contributed by atoms with E-state index < -0.39 is 0 Å². The predicted octanol–water partition coefficient (Wildman–Crippen LogP) is 2.79. The Morgan fingerprint density at radius 2 is 1.90 bits per heavy atom. The summed E-state index contributed by atoms with van der Waals surface area (Å²) in [7, 11) is 2.07. The monoisotopic (exact) mass is 273 g/mol. The first kappa shape index (κ1) is 14.5. The van der Waals surface area contributed by atoms with E-state index in [0.29, 0.717) is 17.9 Å². The van der Waals surface area contributed by atoms with Crippen molar-refractivity contribution in [2.75, 3.05) is 17.4 Å². The average molecular weight is 273 g/mol. The highest BCUT2D eigenvalue weighted by Crippen LogP contribution is 2.26. The van der Waals surface area contributed by atoms with Crippen molar-refractivity contribution < 1.29 is 0 Å². The molecule has 0 spiro atoms. The molecule has 3 N–H and O–H groups in total. The van der Waals surface area contributed by atoms with Crippen molar-refractivity contribution in [3.8, 4) is 0 Å². The summed E-state index contributed by atoms with van der Waals surface area (Å²) in [5, 5.41) is 1.05. The molecule has 20 heavy (non-hydrogen) atoms. The highest BCUT2D eigenvalue weighted by atomic mass is 15.3. The van der Waals surface area contributed by atoms with E-state index >= 15 is 0 Å². The van der Waals surface area contributed by atoms with Crippen LogP contribution in [0.5, 0.6) is 0 Å². The number of benzene rings is 1. The minimum absolute atomic E-state index is 0.402. The molecule has 0 aliphatic rings. The van der Waals surface area contributed by atoms with Crippen LogP contribution >= 0.6 is 0 Å². The number of nitrogens with zero attached hydrogens (tertiary/aromatic N) is 3. The molecule has 5 heteroatoms. The fraction of sp³-hybridized carbons (Fsp3) is 0.467. The molecule has 5 nitrogen and oxygen atoms in total. The fourth-order valence-electron chi connectivity index (χ4n) is 2.44. The van der Waals surface area contributed by atoms with Gasteiger partial charge in [-0.25, -0.2) is 10.8 Å². The molecule has 0 aliphatic carbocycles. The molecule has 0 saturated heterocycles. The SMILES string of the molecule is CC(C)CC(C)N(C)c1nc(NN)nc2ccccc12. The molecular weight excluding hydrogens is 250 g/mol.